The second-order valence-corrected chi connectivity index (χ2v) is 5.15. The van der Waals surface area contributed by atoms with Crippen LogP contribution in [-0.2, 0) is 19.9 Å². The predicted octanol–water partition coefficient (Wildman–Crippen LogP) is 1.73. The summed E-state index contributed by atoms with van der Waals surface area (Å²) in [6.45, 7) is 2.16. The number of likely N-dealkylation sites (N-methyl/N-ethyl adjacent to an activating group) is 1. The zero-order valence-electron chi connectivity index (χ0n) is 11.1. The molecule has 2 heterocycles. The molecule has 0 aliphatic carbocycles. The molecule has 2 rings (SSSR count). The highest BCUT2D eigenvalue weighted by Gasteiger charge is 2.18. The van der Waals surface area contributed by atoms with E-state index in [0.29, 0.717) is 0 Å². The summed E-state index contributed by atoms with van der Waals surface area (Å²) < 4.78 is 5.92. The Morgan fingerprint density at radius 2 is 2.33 bits per heavy atom. The lowest BCUT2D eigenvalue weighted by Crippen LogP contribution is -2.19. The molecule has 1 unspecified atom stereocenters. The van der Waals surface area contributed by atoms with E-state index in [1.165, 1.54) is 16.4 Å². The summed E-state index contributed by atoms with van der Waals surface area (Å²) in [4.78, 5) is 1.24. The lowest BCUT2D eigenvalue weighted by Gasteiger charge is -2.13. The van der Waals surface area contributed by atoms with Crippen molar-refractivity contribution in [2.24, 2.45) is 7.05 Å². The summed E-state index contributed by atoms with van der Waals surface area (Å²) in [6, 6.07) is 2.31. The van der Waals surface area contributed by atoms with Crippen LogP contribution < -0.4 is 5.32 Å². The molecule has 0 aliphatic rings. The number of aryl methyl sites for hydroxylation is 2. The van der Waals surface area contributed by atoms with Gasteiger partial charge in [0.25, 0.3) is 0 Å². The lowest BCUT2D eigenvalue weighted by molar-refractivity contribution is 0.579. The van der Waals surface area contributed by atoms with Gasteiger partial charge in [0.15, 0.2) is 0 Å². The van der Waals surface area contributed by atoms with Crippen LogP contribution in [0.1, 0.15) is 35.7 Å². The standard InChI is InChI=1S/C12H19N5S/c1-4-5-10-12(18-16-14-10)11(13-2)8-9-6-7-17(3)15-9/h6-7,11,13H,4-5,8H2,1-3H3. The van der Waals surface area contributed by atoms with Crippen molar-refractivity contribution < 1.29 is 0 Å². The molecule has 0 radical (unpaired) electrons. The smallest absolute Gasteiger partial charge is 0.0803 e. The maximum absolute atomic E-state index is 4.42. The SMILES string of the molecule is CCCc1nnsc1C(Cc1ccn(C)n1)NC. The third-order valence-electron chi connectivity index (χ3n) is 2.92. The average molecular weight is 265 g/mol. The van der Waals surface area contributed by atoms with E-state index in [0.717, 1.165) is 30.7 Å². The zero-order valence-corrected chi connectivity index (χ0v) is 11.9. The quantitative estimate of drug-likeness (QED) is 0.864. The fraction of sp³-hybridized carbons (Fsp3) is 0.583. The van der Waals surface area contributed by atoms with Crippen LogP contribution in [-0.4, -0.2) is 26.4 Å². The molecule has 0 bridgehead atoms. The highest BCUT2D eigenvalue weighted by Crippen LogP contribution is 2.24. The van der Waals surface area contributed by atoms with E-state index in [2.05, 4.69) is 33.0 Å². The maximum atomic E-state index is 4.42. The van der Waals surface area contributed by atoms with E-state index in [-0.39, 0.29) is 6.04 Å². The van der Waals surface area contributed by atoms with Gasteiger partial charge in [-0.3, -0.25) is 4.68 Å². The number of hydrogen-bond donors (Lipinski definition) is 1. The second kappa shape index (κ2) is 6.06. The van der Waals surface area contributed by atoms with Crippen molar-refractivity contribution in [3.63, 3.8) is 0 Å². The molecule has 2 aromatic heterocycles. The molecule has 18 heavy (non-hydrogen) atoms. The molecular weight excluding hydrogens is 246 g/mol. The predicted molar refractivity (Wildman–Crippen MR) is 72.6 cm³/mol. The summed E-state index contributed by atoms with van der Waals surface area (Å²) in [5.74, 6) is 0. The van der Waals surface area contributed by atoms with Gasteiger partial charge >= 0.3 is 0 Å². The second-order valence-electron chi connectivity index (χ2n) is 4.36. The normalized spacial score (nSPS) is 12.8. The van der Waals surface area contributed by atoms with Gasteiger partial charge < -0.3 is 5.32 Å². The van der Waals surface area contributed by atoms with Crippen LogP contribution in [0, 0.1) is 0 Å². The number of nitrogens with zero attached hydrogens (tertiary/aromatic N) is 4. The Morgan fingerprint density at radius 1 is 1.50 bits per heavy atom. The third kappa shape index (κ3) is 2.94. The number of nitrogens with one attached hydrogen (secondary N) is 1. The van der Waals surface area contributed by atoms with Crippen molar-refractivity contribution >= 4 is 11.5 Å². The molecule has 0 saturated heterocycles. The molecule has 0 amide bonds. The summed E-state index contributed by atoms with van der Waals surface area (Å²) >= 11 is 1.49. The molecular formula is C12H19N5S. The van der Waals surface area contributed by atoms with E-state index in [1.54, 1.807) is 0 Å². The Kier molecular flexibility index (Phi) is 4.43. The summed E-state index contributed by atoms with van der Waals surface area (Å²) in [7, 11) is 3.91. The third-order valence-corrected chi connectivity index (χ3v) is 3.80. The van der Waals surface area contributed by atoms with Gasteiger partial charge in [-0.15, -0.1) is 5.10 Å². The van der Waals surface area contributed by atoms with Gasteiger partial charge in [0.05, 0.1) is 22.3 Å². The molecule has 1 atom stereocenters. The van der Waals surface area contributed by atoms with Gasteiger partial charge in [0.2, 0.25) is 0 Å². The topological polar surface area (TPSA) is 55.6 Å². The molecule has 2 aromatic rings. The Labute approximate surface area is 111 Å². The van der Waals surface area contributed by atoms with Crippen molar-refractivity contribution in [3.05, 3.63) is 28.5 Å². The van der Waals surface area contributed by atoms with Crippen molar-refractivity contribution in [2.75, 3.05) is 7.05 Å². The molecule has 0 fully saturated rings. The van der Waals surface area contributed by atoms with Crippen molar-refractivity contribution in [1.82, 2.24) is 24.7 Å². The average Bonchev–Trinajstić information content (AvgIpc) is 2.96. The van der Waals surface area contributed by atoms with E-state index in [4.69, 9.17) is 0 Å². The molecule has 6 heteroatoms. The van der Waals surface area contributed by atoms with Crippen LogP contribution in [0.2, 0.25) is 0 Å². The highest BCUT2D eigenvalue weighted by atomic mass is 32.1. The molecule has 0 aliphatic heterocycles. The fourth-order valence-electron chi connectivity index (χ4n) is 2.00. The zero-order chi connectivity index (χ0) is 13.0. The van der Waals surface area contributed by atoms with Crippen molar-refractivity contribution in [2.45, 2.75) is 32.2 Å². The number of rotatable bonds is 6. The van der Waals surface area contributed by atoms with E-state index in [9.17, 15) is 0 Å². The number of hydrogen-bond acceptors (Lipinski definition) is 5. The Morgan fingerprint density at radius 3 is 2.94 bits per heavy atom. The first-order chi connectivity index (χ1) is 8.74. The largest absolute Gasteiger partial charge is 0.312 e. The first-order valence-electron chi connectivity index (χ1n) is 6.21. The van der Waals surface area contributed by atoms with Gasteiger partial charge in [-0.05, 0) is 31.1 Å². The summed E-state index contributed by atoms with van der Waals surface area (Å²) in [6.07, 6.45) is 4.93. The number of aromatic nitrogens is 4. The molecule has 5 nitrogen and oxygen atoms in total. The van der Waals surface area contributed by atoms with Crippen molar-refractivity contribution in [1.29, 1.82) is 0 Å². The molecule has 98 valence electrons. The highest BCUT2D eigenvalue weighted by molar-refractivity contribution is 7.05. The minimum atomic E-state index is 0.251. The van der Waals surface area contributed by atoms with Gasteiger partial charge in [0.1, 0.15) is 0 Å². The van der Waals surface area contributed by atoms with Crippen molar-refractivity contribution in [3.8, 4) is 0 Å². The van der Waals surface area contributed by atoms with Crippen LogP contribution in [0.3, 0.4) is 0 Å². The lowest BCUT2D eigenvalue weighted by atomic mass is 10.1. The van der Waals surface area contributed by atoms with Gasteiger partial charge in [-0.1, -0.05) is 17.8 Å². The minimum Gasteiger partial charge on any atom is -0.312 e. The monoisotopic (exact) mass is 265 g/mol. The van der Waals surface area contributed by atoms with E-state index in [1.807, 2.05) is 25.0 Å². The summed E-state index contributed by atoms with van der Waals surface area (Å²) in [5.41, 5.74) is 2.21. The maximum Gasteiger partial charge on any atom is 0.0803 e. The van der Waals surface area contributed by atoms with Crippen LogP contribution in [0.4, 0.5) is 0 Å². The van der Waals surface area contributed by atoms with Crippen LogP contribution in [0.25, 0.3) is 0 Å². The Hall–Kier alpha value is -1.27. The first kappa shape index (κ1) is 13.2. The summed E-state index contributed by atoms with van der Waals surface area (Å²) in [5, 5.41) is 12.0. The van der Waals surface area contributed by atoms with Gasteiger partial charge in [-0.2, -0.15) is 5.10 Å². The Bertz CT molecular complexity index is 490. The van der Waals surface area contributed by atoms with Crippen LogP contribution >= 0.6 is 11.5 Å². The van der Waals surface area contributed by atoms with E-state index >= 15 is 0 Å². The molecule has 0 saturated carbocycles. The fourth-order valence-corrected chi connectivity index (χ4v) is 2.80. The van der Waals surface area contributed by atoms with Gasteiger partial charge in [0, 0.05) is 19.7 Å². The van der Waals surface area contributed by atoms with Crippen LogP contribution in [0.5, 0.6) is 0 Å². The molecule has 0 spiro atoms. The van der Waals surface area contributed by atoms with Crippen LogP contribution in [0.15, 0.2) is 12.3 Å². The van der Waals surface area contributed by atoms with Gasteiger partial charge in [-0.25, -0.2) is 0 Å². The Balaban J connectivity index is 2.14. The molecule has 0 aromatic carbocycles. The van der Waals surface area contributed by atoms with E-state index < -0.39 is 0 Å². The first-order valence-corrected chi connectivity index (χ1v) is 6.98. The molecule has 1 N–H and O–H groups in total. The minimum absolute atomic E-state index is 0.251.